The normalized spacial score (nSPS) is 11.5. The summed E-state index contributed by atoms with van der Waals surface area (Å²) >= 11 is 0. The van der Waals surface area contributed by atoms with Crippen LogP contribution in [0.4, 0.5) is 5.69 Å². The number of anilines is 1. The van der Waals surface area contributed by atoms with E-state index in [9.17, 15) is 14.4 Å². The van der Waals surface area contributed by atoms with Crippen molar-refractivity contribution in [2.45, 2.75) is 46.6 Å². The van der Waals surface area contributed by atoms with Crippen LogP contribution in [0.1, 0.15) is 41.0 Å². The predicted octanol–water partition coefficient (Wildman–Crippen LogP) is 2.74. The Morgan fingerprint density at radius 3 is 2.42 bits per heavy atom. The van der Waals surface area contributed by atoms with Gasteiger partial charge in [0.05, 0.1) is 24.4 Å². The lowest BCUT2D eigenvalue weighted by Gasteiger charge is -2.29. The van der Waals surface area contributed by atoms with Crippen molar-refractivity contribution in [1.82, 2.24) is 15.6 Å². The summed E-state index contributed by atoms with van der Waals surface area (Å²) in [6.07, 6.45) is 3.54. The van der Waals surface area contributed by atoms with Crippen molar-refractivity contribution >= 4 is 23.4 Å². The maximum Gasteiger partial charge on any atom is 0.313 e. The van der Waals surface area contributed by atoms with E-state index < -0.39 is 22.8 Å². The molecule has 9 nitrogen and oxygen atoms in total. The van der Waals surface area contributed by atoms with Gasteiger partial charge in [0.15, 0.2) is 12.2 Å². The number of benzene rings is 1. The summed E-state index contributed by atoms with van der Waals surface area (Å²) in [6.45, 7) is 9.28. The molecule has 3 N–H and O–H groups in total. The van der Waals surface area contributed by atoms with Gasteiger partial charge in [-0.05, 0) is 32.4 Å². The maximum atomic E-state index is 12.4. The van der Waals surface area contributed by atoms with Crippen LogP contribution in [0.5, 0.6) is 5.75 Å². The minimum atomic E-state index is -0.831. The van der Waals surface area contributed by atoms with Gasteiger partial charge in [0.25, 0.3) is 0 Å². The number of carbonyl (C=O) groups is 3. The van der Waals surface area contributed by atoms with Crippen LogP contribution in [-0.2, 0) is 14.4 Å². The van der Waals surface area contributed by atoms with E-state index in [1.165, 1.54) is 13.5 Å². The van der Waals surface area contributed by atoms with Crippen LogP contribution < -0.4 is 20.7 Å². The van der Waals surface area contributed by atoms with Crippen LogP contribution in [0.15, 0.2) is 35.2 Å². The summed E-state index contributed by atoms with van der Waals surface area (Å²) in [4.78, 5) is 40.9. The van der Waals surface area contributed by atoms with Gasteiger partial charge in [-0.25, -0.2) is 4.98 Å². The first-order valence-electron chi connectivity index (χ1n) is 9.98. The smallest absolute Gasteiger partial charge is 0.313 e. The van der Waals surface area contributed by atoms with E-state index in [4.69, 9.17) is 9.15 Å². The predicted molar refractivity (Wildman–Crippen MR) is 116 cm³/mol. The molecule has 9 heteroatoms. The molecule has 2 rings (SSSR count). The quantitative estimate of drug-likeness (QED) is 0.554. The second-order valence-corrected chi connectivity index (χ2v) is 8.49. The van der Waals surface area contributed by atoms with Crippen LogP contribution in [0, 0.1) is 5.41 Å². The number of ether oxygens (including phenoxy) is 1. The van der Waals surface area contributed by atoms with Crippen molar-refractivity contribution in [2.75, 3.05) is 19.0 Å². The topological polar surface area (TPSA) is 123 Å². The molecule has 0 spiro atoms. The molecule has 3 amide bonds. The highest BCUT2D eigenvalue weighted by atomic mass is 16.5. The van der Waals surface area contributed by atoms with Gasteiger partial charge in [0.2, 0.25) is 5.91 Å². The number of aromatic nitrogens is 1. The molecular formula is C22H30N4O5. The zero-order valence-electron chi connectivity index (χ0n) is 18.8. The average Bonchev–Trinajstić information content (AvgIpc) is 3.26. The van der Waals surface area contributed by atoms with Gasteiger partial charge >= 0.3 is 11.8 Å². The molecule has 2 aromatic rings. The summed E-state index contributed by atoms with van der Waals surface area (Å²) in [5.74, 6) is -0.783. The summed E-state index contributed by atoms with van der Waals surface area (Å²) in [5.41, 5.74) is -0.277. The van der Waals surface area contributed by atoms with Crippen LogP contribution in [0.3, 0.4) is 0 Å². The second kappa shape index (κ2) is 9.63. The fraction of sp³-hybridized carbons (Fsp3) is 0.455. The van der Waals surface area contributed by atoms with Gasteiger partial charge < -0.3 is 25.1 Å². The first kappa shape index (κ1) is 23.9. The molecule has 168 valence electrons. The molecule has 0 fully saturated rings. The Morgan fingerprint density at radius 1 is 1.13 bits per heavy atom. The fourth-order valence-corrected chi connectivity index (χ4v) is 2.62. The molecule has 31 heavy (non-hydrogen) atoms. The number of rotatable bonds is 8. The lowest BCUT2D eigenvalue weighted by Crippen LogP contribution is -2.55. The Bertz CT molecular complexity index is 935. The molecule has 0 unspecified atom stereocenters. The third kappa shape index (κ3) is 6.31. The molecule has 1 heterocycles. The number of nitrogens with zero attached hydrogens (tertiary/aromatic N) is 1. The third-order valence-corrected chi connectivity index (χ3v) is 5.00. The van der Waals surface area contributed by atoms with Crippen molar-refractivity contribution in [3.63, 3.8) is 0 Å². The van der Waals surface area contributed by atoms with Crippen LogP contribution in [0.25, 0.3) is 11.3 Å². The molecular weight excluding hydrogens is 400 g/mol. The number of nitrogens with one attached hydrogen (secondary N) is 3. The highest BCUT2D eigenvalue weighted by Gasteiger charge is 2.29. The Balaban J connectivity index is 1.99. The Hall–Kier alpha value is -3.36. The molecule has 1 aromatic carbocycles. The standard InChI is InChI=1S/C22H30N4O5/c1-7-21(2,3)20(29)24-12-22(4,5)26-19(28)18(27)25-14-8-9-15(16(10-14)30-6)17-11-23-13-31-17/h8-11,13H,7,12H2,1-6H3,(H,24,29)(H,25,27)(H,26,28). The van der Waals surface area contributed by atoms with E-state index in [2.05, 4.69) is 20.9 Å². The van der Waals surface area contributed by atoms with E-state index in [-0.39, 0.29) is 12.5 Å². The van der Waals surface area contributed by atoms with Crippen molar-refractivity contribution in [2.24, 2.45) is 5.41 Å². The highest BCUT2D eigenvalue weighted by Crippen LogP contribution is 2.32. The molecule has 0 aliphatic heterocycles. The largest absolute Gasteiger partial charge is 0.496 e. The average molecular weight is 431 g/mol. The van der Waals surface area contributed by atoms with Gasteiger partial charge in [-0.2, -0.15) is 0 Å². The van der Waals surface area contributed by atoms with Crippen molar-refractivity contribution in [3.05, 3.63) is 30.8 Å². The number of amides is 3. The molecule has 0 bridgehead atoms. The summed E-state index contributed by atoms with van der Waals surface area (Å²) < 4.78 is 10.6. The Kier molecular flexibility index (Phi) is 7.43. The molecule has 0 aliphatic rings. The summed E-state index contributed by atoms with van der Waals surface area (Å²) in [6, 6.07) is 4.91. The number of carbonyl (C=O) groups excluding carboxylic acids is 3. The van der Waals surface area contributed by atoms with Crippen molar-refractivity contribution in [1.29, 1.82) is 0 Å². The molecule has 0 aliphatic carbocycles. The minimum absolute atomic E-state index is 0.110. The lowest BCUT2D eigenvalue weighted by molar-refractivity contribution is -0.137. The zero-order valence-corrected chi connectivity index (χ0v) is 18.8. The van der Waals surface area contributed by atoms with Crippen LogP contribution in [-0.4, -0.2) is 41.9 Å². The highest BCUT2D eigenvalue weighted by molar-refractivity contribution is 6.39. The SMILES string of the molecule is CCC(C)(C)C(=O)NCC(C)(C)NC(=O)C(=O)Nc1ccc(-c2cnco2)c(OC)c1. The number of hydrogen-bond acceptors (Lipinski definition) is 6. The lowest BCUT2D eigenvalue weighted by atomic mass is 9.89. The number of hydrogen-bond donors (Lipinski definition) is 3. The molecule has 0 saturated carbocycles. The van der Waals surface area contributed by atoms with Crippen LogP contribution in [0.2, 0.25) is 0 Å². The van der Waals surface area contributed by atoms with Gasteiger partial charge in [0.1, 0.15) is 5.75 Å². The molecule has 0 radical (unpaired) electrons. The number of methoxy groups -OCH3 is 1. The Labute approximate surface area is 181 Å². The number of oxazole rings is 1. The molecule has 0 saturated heterocycles. The zero-order chi connectivity index (χ0) is 23.2. The summed E-state index contributed by atoms with van der Waals surface area (Å²) in [7, 11) is 1.49. The van der Waals surface area contributed by atoms with Crippen molar-refractivity contribution in [3.8, 4) is 17.1 Å². The van der Waals surface area contributed by atoms with E-state index in [1.807, 2.05) is 20.8 Å². The van der Waals surface area contributed by atoms with Gasteiger partial charge in [-0.15, -0.1) is 0 Å². The fourth-order valence-electron chi connectivity index (χ4n) is 2.62. The van der Waals surface area contributed by atoms with E-state index in [0.29, 0.717) is 29.2 Å². The van der Waals surface area contributed by atoms with E-state index in [1.54, 1.807) is 38.2 Å². The first-order chi connectivity index (χ1) is 14.5. The minimum Gasteiger partial charge on any atom is -0.496 e. The van der Waals surface area contributed by atoms with Gasteiger partial charge in [-0.1, -0.05) is 20.8 Å². The van der Waals surface area contributed by atoms with Gasteiger partial charge in [0, 0.05) is 23.7 Å². The summed E-state index contributed by atoms with van der Waals surface area (Å²) in [5, 5.41) is 8.02. The van der Waals surface area contributed by atoms with Crippen molar-refractivity contribution < 1.29 is 23.5 Å². The maximum absolute atomic E-state index is 12.4. The molecule has 1 aromatic heterocycles. The second-order valence-electron chi connectivity index (χ2n) is 8.49. The van der Waals surface area contributed by atoms with Gasteiger partial charge in [-0.3, -0.25) is 14.4 Å². The Morgan fingerprint density at radius 2 is 1.84 bits per heavy atom. The molecule has 0 atom stereocenters. The van der Waals surface area contributed by atoms with E-state index >= 15 is 0 Å². The van der Waals surface area contributed by atoms with E-state index in [0.717, 1.165) is 0 Å². The monoisotopic (exact) mass is 430 g/mol. The van der Waals surface area contributed by atoms with Crippen LogP contribution >= 0.6 is 0 Å². The first-order valence-corrected chi connectivity index (χ1v) is 9.98. The third-order valence-electron chi connectivity index (χ3n) is 5.00.